The molecule has 3 rings (SSSR count). The van der Waals surface area contributed by atoms with E-state index in [0.717, 1.165) is 22.0 Å². The Morgan fingerprint density at radius 2 is 1.76 bits per heavy atom. The van der Waals surface area contributed by atoms with Gasteiger partial charge < -0.3 is 5.73 Å². The number of nitrogens with two attached hydrogens (primary N) is 1. The number of hydrogen-bond donors (Lipinski definition) is 2. The molecule has 0 radical (unpaired) electrons. The summed E-state index contributed by atoms with van der Waals surface area (Å²) in [5, 5.41) is 6.33. The summed E-state index contributed by atoms with van der Waals surface area (Å²) in [7, 11) is 0. The van der Waals surface area contributed by atoms with Gasteiger partial charge in [-0.2, -0.15) is 0 Å². The van der Waals surface area contributed by atoms with Gasteiger partial charge in [0.2, 0.25) is 0 Å². The Morgan fingerprint density at radius 1 is 1.07 bits per heavy atom. The van der Waals surface area contributed by atoms with Crippen LogP contribution in [-0.2, 0) is 10.1 Å². The molecular formula is C20H21Cl5IN3. The number of hydrogen-bond acceptors (Lipinski definition) is 3. The highest BCUT2D eigenvalue weighted by Crippen LogP contribution is 2.42. The van der Waals surface area contributed by atoms with E-state index in [2.05, 4.69) is 32.9 Å². The van der Waals surface area contributed by atoms with Crippen molar-refractivity contribution in [1.29, 1.82) is 0 Å². The second-order valence-electron chi connectivity index (χ2n) is 6.97. The summed E-state index contributed by atoms with van der Waals surface area (Å²) in [6.45, 7) is 4.50. The van der Waals surface area contributed by atoms with E-state index in [1.54, 1.807) is 12.3 Å². The minimum atomic E-state index is -0.592. The molecule has 0 bridgehead atoms. The molecule has 0 aliphatic carbocycles. The van der Waals surface area contributed by atoms with Crippen molar-refractivity contribution in [2.45, 2.75) is 29.5 Å². The Labute approximate surface area is 212 Å². The third kappa shape index (κ3) is 5.60. The van der Waals surface area contributed by atoms with Gasteiger partial charge in [0.1, 0.15) is 3.55 Å². The SMILES string of the molecule is CC(C)(N)C(I)(NCc1cccc(Cl)c1Cl)c1ccnc2cc(Cl)ccc12.Cl.Cl. The number of halogens is 6. The first kappa shape index (κ1) is 27.0. The lowest BCUT2D eigenvalue weighted by atomic mass is 9.87. The smallest absolute Gasteiger partial charge is 0.115 e. The molecule has 3 N–H and O–H groups in total. The molecule has 3 aromatic rings. The standard InChI is InChI=1S/C20H19Cl3IN3.2ClH/c1-19(2,25)20(24,27-11-12-4-3-5-16(22)18(12)23)15-8-9-26-17-10-13(21)6-7-14(15)17;;/h3-10,27H,11,25H2,1-2H3;2*1H. The topological polar surface area (TPSA) is 50.9 Å². The molecule has 1 atom stereocenters. The van der Waals surface area contributed by atoms with Crippen molar-refractivity contribution in [3.63, 3.8) is 0 Å². The van der Waals surface area contributed by atoms with E-state index in [4.69, 9.17) is 40.5 Å². The molecule has 0 saturated carbocycles. The van der Waals surface area contributed by atoms with E-state index >= 15 is 0 Å². The van der Waals surface area contributed by atoms with Gasteiger partial charge in [0.25, 0.3) is 0 Å². The number of pyridine rings is 1. The van der Waals surface area contributed by atoms with E-state index in [9.17, 15) is 0 Å². The second kappa shape index (κ2) is 10.5. The van der Waals surface area contributed by atoms with Crippen LogP contribution < -0.4 is 11.1 Å². The molecule has 2 aromatic carbocycles. The number of fused-ring (bicyclic) bond motifs is 1. The largest absolute Gasteiger partial charge is 0.323 e. The summed E-state index contributed by atoms with van der Waals surface area (Å²) in [5.74, 6) is 0. The molecule has 158 valence electrons. The van der Waals surface area contributed by atoms with Gasteiger partial charge in [-0.1, -0.05) is 75.6 Å². The first-order valence-corrected chi connectivity index (χ1v) is 10.6. The molecule has 1 aromatic heterocycles. The van der Waals surface area contributed by atoms with Crippen molar-refractivity contribution in [2.75, 3.05) is 0 Å². The number of benzene rings is 2. The minimum Gasteiger partial charge on any atom is -0.323 e. The van der Waals surface area contributed by atoms with E-state index < -0.39 is 9.08 Å². The molecule has 1 unspecified atom stereocenters. The molecular weight excluding hydrogens is 586 g/mol. The number of rotatable bonds is 5. The fourth-order valence-electron chi connectivity index (χ4n) is 2.99. The van der Waals surface area contributed by atoms with Crippen molar-refractivity contribution >= 4 is 93.1 Å². The Balaban J connectivity index is 0.00000210. The van der Waals surface area contributed by atoms with E-state index in [0.29, 0.717) is 21.6 Å². The van der Waals surface area contributed by atoms with Gasteiger partial charge in [0, 0.05) is 28.7 Å². The Morgan fingerprint density at radius 3 is 2.41 bits per heavy atom. The molecule has 3 nitrogen and oxygen atoms in total. The summed E-state index contributed by atoms with van der Waals surface area (Å²) < 4.78 is -0.592. The van der Waals surface area contributed by atoms with E-state index in [-0.39, 0.29) is 24.8 Å². The lowest BCUT2D eigenvalue weighted by molar-refractivity contribution is 0.329. The Kier molecular flexibility index (Phi) is 9.78. The van der Waals surface area contributed by atoms with Crippen molar-refractivity contribution in [3.05, 3.63) is 74.9 Å². The highest BCUT2D eigenvalue weighted by molar-refractivity contribution is 14.1. The number of nitrogens with zero attached hydrogens (tertiary/aromatic N) is 1. The molecule has 0 saturated heterocycles. The van der Waals surface area contributed by atoms with Gasteiger partial charge in [-0.25, -0.2) is 0 Å². The van der Waals surface area contributed by atoms with Crippen LogP contribution in [0.2, 0.25) is 15.1 Å². The quantitative estimate of drug-likeness (QED) is 0.184. The predicted octanol–water partition coefficient (Wildman–Crippen LogP) is 7.15. The van der Waals surface area contributed by atoms with Crippen molar-refractivity contribution < 1.29 is 0 Å². The number of aromatic nitrogens is 1. The average Bonchev–Trinajstić information content (AvgIpc) is 2.61. The zero-order valence-corrected chi connectivity index (χ0v) is 21.7. The van der Waals surface area contributed by atoms with Crippen LogP contribution in [0.3, 0.4) is 0 Å². The number of alkyl halides is 1. The summed E-state index contributed by atoms with van der Waals surface area (Å²) in [6, 6.07) is 13.3. The van der Waals surface area contributed by atoms with Crippen LogP contribution in [0.5, 0.6) is 0 Å². The van der Waals surface area contributed by atoms with Crippen molar-refractivity contribution in [1.82, 2.24) is 10.3 Å². The Hall–Kier alpha value is -0.0500. The highest BCUT2D eigenvalue weighted by Gasteiger charge is 2.42. The summed E-state index contributed by atoms with van der Waals surface area (Å²) in [5.41, 5.74) is 8.81. The van der Waals surface area contributed by atoms with Crippen LogP contribution >= 0.6 is 82.2 Å². The number of nitrogens with one attached hydrogen (secondary N) is 1. The van der Waals surface area contributed by atoms with Gasteiger partial charge in [0.15, 0.2) is 0 Å². The third-order valence-corrected chi connectivity index (χ3v) is 7.96. The van der Waals surface area contributed by atoms with Crippen molar-refractivity contribution in [2.24, 2.45) is 5.73 Å². The highest BCUT2D eigenvalue weighted by atomic mass is 127. The van der Waals surface area contributed by atoms with Crippen LogP contribution in [0, 0.1) is 0 Å². The normalized spacial score (nSPS) is 13.3. The van der Waals surface area contributed by atoms with Gasteiger partial charge in [-0.15, -0.1) is 24.8 Å². The first-order chi connectivity index (χ1) is 12.6. The predicted molar refractivity (Wildman–Crippen MR) is 139 cm³/mol. The summed E-state index contributed by atoms with van der Waals surface area (Å²) in [4.78, 5) is 4.45. The second-order valence-corrected chi connectivity index (χ2v) is 9.81. The van der Waals surface area contributed by atoms with Crippen LogP contribution in [0.1, 0.15) is 25.0 Å². The Bertz CT molecular complexity index is 994. The molecule has 0 aliphatic heterocycles. The minimum absolute atomic E-state index is 0. The molecule has 29 heavy (non-hydrogen) atoms. The maximum Gasteiger partial charge on any atom is 0.115 e. The van der Waals surface area contributed by atoms with Crippen molar-refractivity contribution in [3.8, 4) is 0 Å². The fraction of sp³-hybridized carbons (Fsp3) is 0.250. The first-order valence-electron chi connectivity index (χ1n) is 8.34. The van der Waals surface area contributed by atoms with Crippen LogP contribution in [0.15, 0.2) is 48.7 Å². The molecule has 0 spiro atoms. The van der Waals surface area contributed by atoms with Gasteiger partial charge in [0.05, 0.1) is 15.6 Å². The molecule has 0 fully saturated rings. The third-order valence-electron chi connectivity index (χ3n) is 4.52. The fourth-order valence-corrected chi connectivity index (χ4v) is 4.21. The molecule has 0 amide bonds. The lowest BCUT2D eigenvalue weighted by Crippen LogP contribution is -2.58. The average molecular weight is 608 g/mol. The monoisotopic (exact) mass is 605 g/mol. The summed E-state index contributed by atoms with van der Waals surface area (Å²) in [6.07, 6.45) is 1.78. The van der Waals surface area contributed by atoms with Crippen LogP contribution in [0.25, 0.3) is 10.9 Å². The summed E-state index contributed by atoms with van der Waals surface area (Å²) >= 11 is 21.0. The van der Waals surface area contributed by atoms with E-state index in [1.807, 2.05) is 50.2 Å². The lowest BCUT2D eigenvalue weighted by Gasteiger charge is -2.42. The molecule has 9 heteroatoms. The van der Waals surface area contributed by atoms with Gasteiger partial charge in [-0.3, -0.25) is 10.3 Å². The maximum atomic E-state index is 6.62. The zero-order chi connectivity index (χ0) is 19.8. The maximum absolute atomic E-state index is 6.62. The zero-order valence-electron chi connectivity index (χ0n) is 15.7. The van der Waals surface area contributed by atoms with Crippen LogP contribution in [0.4, 0.5) is 0 Å². The molecule has 0 aliphatic rings. The molecule has 1 heterocycles. The van der Waals surface area contributed by atoms with Gasteiger partial charge in [-0.05, 0) is 49.2 Å². The van der Waals surface area contributed by atoms with Crippen LogP contribution in [-0.4, -0.2) is 10.5 Å². The van der Waals surface area contributed by atoms with Gasteiger partial charge >= 0.3 is 0 Å². The van der Waals surface area contributed by atoms with E-state index in [1.165, 1.54) is 0 Å².